The average Bonchev–Trinajstić information content (AvgIpc) is 2.40. The fraction of sp³-hybridized carbons (Fsp3) is 0.867. The summed E-state index contributed by atoms with van der Waals surface area (Å²) in [5.74, 6) is 0. The number of β-amino-alcohol motifs (C(OH)–C–C–N with tert-alkyl or cyclic N) is 1. The molecule has 0 spiro atoms. The van der Waals surface area contributed by atoms with Crippen LogP contribution in [0.1, 0.15) is 20.3 Å². The van der Waals surface area contributed by atoms with Crippen LogP contribution in [0.15, 0.2) is 11.6 Å². The topological polar surface area (TPSA) is 30.0 Å². The van der Waals surface area contributed by atoms with Gasteiger partial charge in [0.05, 0.1) is 6.10 Å². The Morgan fingerprint density at radius 1 is 1.21 bits per heavy atom. The number of aliphatic hydroxyl groups is 1. The molecule has 0 unspecified atom stereocenters. The van der Waals surface area contributed by atoms with Crippen molar-refractivity contribution >= 4 is 0 Å². The summed E-state index contributed by atoms with van der Waals surface area (Å²) in [4.78, 5) is 7.24. The molecule has 2 saturated heterocycles. The van der Waals surface area contributed by atoms with E-state index in [1.807, 2.05) is 0 Å². The highest BCUT2D eigenvalue weighted by Gasteiger charge is 2.32. The Hall–Kier alpha value is -0.420. The minimum atomic E-state index is -0.193. The zero-order valence-electron chi connectivity index (χ0n) is 12.7. The second kappa shape index (κ2) is 6.84. The van der Waals surface area contributed by atoms with Crippen molar-refractivity contribution in [2.24, 2.45) is 0 Å². The van der Waals surface area contributed by atoms with Gasteiger partial charge in [0.25, 0.3) is 0 Å². The molecule has 0 aromatic heterocycles. The van der Waals surface area contributed by atoms with Crippen LogP contribution in [0.25, 0.3) is 0 Å². The van der Waals surface area contributed by atoms with Gasteiger partial charge in [-0.05, 0) is 27.3 Å². The van der Waals surface area contributed by atoms with E-state index in [0.717, 1.165) is 52.2 Å². The number of rotatable bonds is 3. The maximum atomic E-state index is 10.4. The van der Waals surface area contributed by atoms with Crippen molar-refractivity contribution in [2.75, 3.05) is 52.9 Å². The van der Waals surface area contributed by atoms with Crippen LogP contribution in [0, 0.1) is 0 Å². The van der Waals surface area contributed by atoms with Crippen molar-refractivity contribution in [2.45, 2.75) is 32.4 Å². The number of likely N-dealkylation sites (tertiary alicyclic amines) is 1. The summed E-state index contributed by atoms with van der Waals surface area (Å²) >= 11 is 0. The monoisotopic (exact) mass is 267 g/mol. The second-order valence-electron chi connectivity index (χ2n) is 6.13. The third kappa shape index (κ3) is 4.02. The smallest absolute Gasteiger partial charge is 0.0822 e. The molecule has 2 heterocycles. The SMILES string of the molecule is C/C=C(\C)CN1CC[C@@H](N2CCN(C)CC2)[C@H](O)C1. The first-order valence-electron chi connectivity index (χ1n) is 7.55. The third-order valence-electron chi connectivity index (χ3n) is 4.60. The van der Waals surface area contributed by atoms with Crippen molar-refractivity contribution in [1.29, 1.82) is 0 Å². The molecule has 2 atom stereocenters. The zero-order chi connectivity index (χ0) is 13.8. The lowest BCUT2D eigenvalue weighted by atomic mass is 9.99. The lowest BCUT2D eigenvalue weighted by molar-refractivity contribution is -0.0244. The maximum absolute atomic E-state index is 10.4. The maximum Gasteiger partial charge on any atom is 0.0822 e. The Balaban J connectivity index is 1.83. The Morgan fingerprint density at radius 3 is 2.47 bits per heavy atom. The first-order valence-corrected chi connectivity index (χ1v) is 7.55. The summed E-state index contributed by atoms with van der Waals surface area (Å²) < 4.78 is 0. The Bertz CT molecular complexity index is 311. The lowest BCUT2D eigenvalue weighted by Gasteiger charge is -2.44. The zero-order valence-corrected chi connectivity index (χ0v) is 12.7. The van der Waals surface area contributed by atoms with Gasteiger partial charge in [0, 0.05) is 51.9 Å². The van der Waals surface area contributed by atoms with Gasteiger partial charge >= 0.3 is 0 Å². The standard InChI is InChI=1S/C15H29N3O/c1-4-13(2)11-17-6-5-14(15(19)12-17)18-9-7-16(3)8-10-18/h4,14-15,19H,5-12H2,1-3H3/b13-4+/t14-,15-/m1/s1. The van der Waals surface area contributed by atoms with E-state index in [2.05, 4.69) is 41.7 Å². The molecular weight excluding hydrogens is 238 g/mol. The van der Waals surface area contributed by atoms with Gasteiger partial charge in [-0.15, -0.1) is 0 Å². The van der Waals surface area contributed by atoms with Crippen LogP contribution in [0.4, 0.5) is 0 Å². The van der Waals surface area contributed by atoms with Gasteiger partial charge in [0.15, 0.2) is 0 Å². The van der Waals surface area contributed by atoms with Crippen LogP contribution in [-0.4, -0.2) is 84.8 Å². The van der Waals surface area contributed by atoms with Crippen molar-refractivity contribution in [3.8, 4) is 0 Å². The highest BCUT2D eigenvalue weighted by Crippen LogP contribution is 2.19. The van der Waals surface area contributed by atoms with Crippen LogP contribution in [-0.2, 0) is 0 Å². The third-order valence-corrected chi connectivity index (χ3v) is 4.60. The highest BCUT2D eigenvalue weighted by atomic mass is 16.3. The molecule has 4 heteroatoms. The minimum Gasteiger partial charge on any atom is -0.390 e. The van der Waals surface area contributed by atoms with Gasteiger partial charge in [-0.3, -0.25) is 9.80 Å². The molecule has 0 aliphatic carbocycles. The van der Waals surface area contributed by atoms with E-state index in [4.69, 9.17) is 0 Å². The number of likely N-dealkylation sites (N-methyl/N-ethyl adjacent to an activating group) is 1. The van der Waals surface area contributed by atoms with E-state index in [0.29, 0.717) is 6.04 Å². The van der Waals surface area contributed by atoms with Gasteiger partial charge in [0.1, 0.15) is 0 Å². The molecule has 0 amide bonds. The normalized spacial score (nSPS) is 32.7. The Kier molecular flexibility index (Phi) is 5.39. The van der Waals surface area contributed by atoms with Crippen LogP contribution >= 0.6 is 0 Å². The van der Waals surface area contributed by atoms with Crippen molar-refractivity contribution < 1.29 is 5.11 Å². The summed E-state index contributed by atoms with van der Waals surface area (Å²) in [5.41, 5.74) is 1.39. The summed E-state index contributed by atoms with van der Waals surface area (Å²) in [7, 11) is 2.18. The van der Waals surface area contributed by atoms with Crippen LogP contribution < -0.4 is 0 Å². The van der Waals surface area contributed by atoms with E-state index in [-0.39, 0.29) is 6.10 Å². The number of piperazine rings is 1. The van der Waals surface area contributed by atoms with Crippen molar-refractivity contribution in [3.05, 3.63) is 11.6 Å². The number of hydrogen-bond donors (Lipinski definition) is 1. The molecule has 2 fully saturated rings. The van der Waals surface area contributed by atoms with E-state index in [9.17, 15) is 5.11 Å². The molecule has 0 radical (unpaired) electrons. The molecule has 0 aromatic carbocycles. The van der Waals surface area contributed by atoms with E-state index in [1.165, 1.54) is 5.57 Å². The van der Waals surface area contributed by atoms with E-state index < -0.39 is 0 Å². The number of aliphatic hydroxyl groups excluding tert-OH is 1. The second-order valence-corrected chi connectivity index (χ2v) is 6.13. The number of hydrogen-bond acceptors (Lipinski definition) is 4. The lowest BCUT2D eigenvalue weighted by Crippen LogP contribution is -2.58. The quantitative estimate of drug-likeness (QED) is 0.760. The van der Waals surface area contributed by atoms with E-state index in [1.54, 1.807) is 0 Å². The van der Waals surface area contributed by atoms with Gasteiger partial charge in [-0.1, -0.05) is 11.6 Å². The molecular formula is C15H29N3O. The molecule has 2 rings (SSSR count). The van der Waals surface area contributed by atoms with Crippen LogP contribution in [0.3, 0.4) is 0 Å². The molecule has 0 aromatic rings. The van der Waals surface area contributed by atoms with Gasteiger partial charge in [-0.2, -0.15) is 0 Å². The van der Waals surface area contributed by atoms with Crippen molar-refractivity contribution in [3.63, 3.8) is 0 Å². The highest BCUT2D eigenvalue weighted by molar-refractivity contribution is 5.00. The van der Waals surface area contributed by atoms with E-state index >= 15 is 0 Å². The number of nitrogens with zero attached hydrogens (tertiary/aromatic N) is 3. The Labute approximate surface area is 117 Å². The molecule has 19 heavy (non-hydrogen) atoms. The molecule has 4 nitrogen and oxygen atoms in total. The van der Waals surface area contributed by atoms with Gasteiger partial charge < -0.3 is 10.0 Å². The molecule has 2 aliphatic rings. The molecule has 2 aliphatic heterocycles. The summed E-state index contributed by atoms with van der Waals surface area (Å²) in [5, 5.41) is 10.4. The molecule has 0 saturated carbocycles. The van der Waals surface area contributed by atoms with Crippen LogP contribution in [0.5, 0.6) is 0 Å². The Morgan fingerprint density at radius 2 is 1.89 bits per heavy atom. The van der Waals surface area contributed by atoms with Crippen molar-refractivity contribution in [1.82, 2.24) is 14.7 Å². The molecule has 1 N–H and O–H groups in total. The molecule has 0 bridgehead atoms. The first-order chi connectivity index (χ1) is 9.10. The van der Waals surface area contributed by atoms with Crippen LogP contribution in [0.2, 0.25) is 0 Å². The largest absolute Gasteiger partial charge is 0.390 e. The first kappa shape index (κ1) is 15.0. The number of allylic oxidation sites excluding steroid dienone is 1. The minimum absolute atomic E-state index is 0.193. The summed E-state index contributed by atoms with van der Waals surface area (Å²) in [6.07, 6.45) is 3.07. The predicted octanol–water partition coefficient (Wildman–Crippen LogP) is 0.635. The number of piperidine rings is 1. The van der Waals surface area contributed by atoms with Gasteiger partial charge in [-0.25, -0.2) is 0 Å². The fourth-order valence-electron chi connectivity index (χ4n) is 3.15. The predicted molar refractivity (Wildman–Crippen MR) is 79.4 cm³/mol. The summed E-state index contributed by atoms with van der Waals surface area (Å²) in [6, 6.07) is 0.371. The fourth-order valence-corrected chi connectivity index (χ4v) is 3.15. The molecule has 110 valence electrons. The summed E-state index contributed by atoms with van der Waals surface area (Å²) in [6.45, 7) is 11.7. The van der Waals surface area contributed by atoms with Gasteiger partial charge in [0.2, 0.25) is 0 Å². The average molecular weight is 267 g/mol.